The molecule has 1 aromatic carbocycles. The molecule has 1 aromatic rings. The maximum absolute atomic E-state index is 11.7. The van der Waals surface area contributed by atoms with E-state index in [1.807, 2.05) is 31.2 Å². The van der Waals surface area contributed by atoms with E-state index in [1.165, 1.54) is 0 Å². The molecule has 2 N–H and O–H groups in total. The van der Waals surface area contributed by atoms with E-state index in [9.17, 15) is 9.90 Å². The summed E-state index contributed by atoms with van der Waals surface area (Å²) in [5, 5.41) is 12.9. The molecule has 1 fully saturated rings. The summed E-state index contributed by atoms with van der Waals surface area (Å²) >= 11 is 0. The molecular weight excluding hydrogens is 226 g/mol. The Morgan fingerprint density at radius 1 is 1.44 bits per heavy atom. The van der Waals surface area contributed by atoms with E-state index in [2.05, 4.69) is 12.2 Å². The van der Waals surface area contributed by atoms with Crippen LogP contribution in [0.5, 0.6) is 0 Å². The number of nitrogens with one attached hydrogen (secondary N) is 1. The van der Waals surface area contributed by atoms with Crippen LogP contribution in [0.15, 0.2) is 24.3 Å². The van der Waals surface area contributed by atoms with Crippen molar-refractivity contribution in [3.63, 3.8) is 0 Å². The summed E-state index contributed by atoms with van der Waals surface area (Å²) in [7, 11) is 0. The van der Waals surface area contributed by atoms with Crippen molar-refractivity contribution >= 4 is 11.7 Å². The van der Waals surface area contributed by atoms with Gasteiger partial charge in [-0.2, -0.15) is 0 Å². The predicted molar refractivity (Wildman–Crippen MR) is 72.8 cm³/mol. The number of hydrogen-bond donors (Lipinski definition) is 2. The Morgan fingerprint density at radius 3 is 2.78 bits per heavy atom. The Kier molecular flexibility index (Phi) is 3.60. The van der Waals surface area contributed by atoms with Crippen molar-refractivity contribution in [3.05, 3.63) is 29.8 Å². The van der Waals surface area contributed by atoms with Gasteiger partial charge in [0.25, 0.3) is 0 Å². The lowest BCUT2D eigenvalue weighted by Gasteiger charge is -2.38. The summed E-state index contributed by atoms with van der Waals surface area (Å²) in [6, 6.07) is 7.87. The second-order valence-corrected chi connectivity index (χ2v) is 5.53. The Balaban J connectivity index is 2.26. The van der Waals surface area contributed by atoms with Crippen LogP contribution in [0.1, 0.15) is 38.2 Å². The van der Waals surface area contributed by atoms with E-state index in [0.717, 1.165) is 24.1 Å². The fourth-order valence-electron chi connectivity index (χ4n) is 2.88. The van der Waals surface area contributed by atoms with E-state index >= 15 is 0 Å². The number of carbonyl (C=O) groups is 1. The molecule has 2 unspecified atom stereocenters. The van der Waals surface area contributed by atoms with Gasteiger partial charge in [0.05, 0.1) is 0 Å². The molecule has 3 heteroatoms. The first-order valence-electron chi connectivity index (χ1n) is 6.61. The first kappa shape index (κ1) is 12.9. The number of carboxylic acids is 1. The Bertz CT molecular complexity index is 444. The first-order valence-corrected chi connectivity index (χ1v) is 6.61. The van der Waals surface area contributed by atoms with Crippen LogP contribution in [0.4, 0.5) is 5.69 Å². The molecule has 98 valence electrons. The molecule has 3 nitrogen and oxygen atoms in total. The van der Waals surface area contributed by atoms with Crippen molar-refractivity contribution in [1.82, 2.24) is 0 Å². The molecule has 0 aromatic heterocycles. The smallest absolute Gasteiger partial charge is 0.329 e. The third kappa shape index (κ3) is 2.50. The second kappa shape index (κ2) is 5.01. The summed E-state index contributed by atoms with van der Waals surface area (Å²) in [6.45, 7) is 4.14. The highest BCUT2D eigenvalue weighted by Crippen LogP contribution is 2.35. The highest BCUT2D eigenvalue weighted by molar-refractivity contribution is 5.83. The lowest BCUT2D eigenvalue weighted by molar-refractivity contribution is -0.144. The molecule has 0 spiro atoms. The lowest BCUT2D eigenvalue weighted by atomic mass is 9.76. The van der Waals surface area contributed by atoms with Gasteiger partial charge in [0.1, 0.15) is 5.54 Å². The monoisotopic (exact) mass is 247 g/mol. The molecule has 1 aliphatic rings. The molecule has 0 heterocycles. The van der Waals surface area contributed by atoms with E-state index < -0.39 is 11.5 Å². The van der Waals surface area contributed by atoms with Gasteiger partial charge >= 0.3 is 5.97 Å². The van der Waals surface area contributed by atoms with Crippen molar-refractivity contribution in [1.29, 1.82) is 0 Å². The lowest BCUT2D eigenvalue weighted by Crippen LogP contribution is -2.49. The standard InChI is InChI=1S/C15H21NO2/c1-11-6-5-9-15(10-11,14(17)18)16-13-8-4-3-7-12(13)2/h3-4,7-8,11,16H,5-6,9-10H2,1-2H3,(H,17,18). The summed E-state index contributed by atoms with van der Waals surface area (Å²) in [6.07, 6.45) is 3.52. The predicted octanol–water partition coefficient (Wildman–Crippen LogP) is 3.44. The quantitative estimate of drug-likeness (QED) is 0.860. The number of benzene rings is 1. The van der Waals surface area contributed by atoms with E-state index in [0.29, 0.717) is 18.8 Å². The fourth-order valence-corrected chi connectivity index (χ4v) is 2.88. The van der Waals surface area contributed by atoms with Crippen LogP contribution in [0, 0.1) is 12.8 Å². The molecular formula is C15H21NO2. The fraction of sp³-hybridized carbons (Fsp3) is 0.533. The third-order valence-electron chi connectivity index (χ3n) is 3.93. The van der Waals surface area contributed by atoms with Gasteiger partial charge in [-0.25, -0.2) is 4.79 Å². The molecule has 18 heavy (non-hydrogen) atoms. The molecule has 1 saturated carbocycles. The zero-order valence-corrected chi connectivity index (χ0v) is 11.1. The van der Waals surface area contributed by atoms with Gasteiger partial charge in [-0.1, -0.05) is 38.0 Å². The molecule has 2 atom stereocenters. The number of rotatable bonds is 3. The highest BCUT2D eigenvalue weighted by atomic mass is 16.4. The minimum atomic E-state index is -0.788. The zero-order valence-electron chi connectivity index (χ0n) is 11.1. The van der Waals surface area contributed by atoms with Gasteiger partial charge in [0.15, 0.2) is 0 Å². The first-order chi connectivity index (χ1) is 8.53. The number of hydrogen-bond acceptors (Lipinski definition) is 2. The third-order valence-corrected chi connectivity index (χ3v) is 3.93. The van der Waals surface area contributed by atoms with Crippen LogP contribution in [-0.4, -0.2) is 16.6 Å². The maximum atomic E-state index is 11.7. The van der Waals surface area contributed by atoms with Crippen molar-refractivity contribution < 1.29 is 9.90 Å². The number of carboxylic acid groups (broad SMARTS) is 1. The van der Waals surface area contributed by atoms with Gasteiger partial charge in [-0.05, 0) is 37.3 Å². The van der Waals surface area contributed by atoms with E-state index in [4.69, 9.17) is 0 Å². The minimum absolute atomic E-state index is 0.464. The topological polar surface area (TPSA) is 49.3 Å². The largest absolute Gasteiger partial charge is 0.480 e. The van der Waals surface area contributed by atoms with Gasteiger partial charge < -0.3 is 10.4 Å². The van der Waals surface area contributed by atoms with Crippen LogP contribution in [0.2, 0.25) is 0 Å². The number of para-hydroxylation sites is 1. The van der Waals surface area contributed by atoms with Crippen LogP contribution < -0.4 is 5.32 Å². The number of aliphatic carboxylic acids is 1. The average molecular weight is 247 g/mol. The van der Waals surface area contributed by atoms with Crippen molar-refractivity contribution in [2.75, 3.05) is 5.32 Å². The number of aryl methyl sites for hydroxylation is 1. The van der Waals surface area contributed by atoms with Crippen molar-refractivity contribution in [2.45, 2.75) is 45.1 Å². The van der Waals surface area contributed by atoms with Gasteiger partial charge in [-0.15, -0.1) is 0 Å². The zero-order chi connectivity index (χ0) is 13.2. The van der Waals surface area contributed by atoms with Crippen molar-refractivity contribution in [2.24, 2.45) is 5.92 Å². The summed E-state index contributed by atoms with van der Waals surface area (Å²) in [4.78, 5) is 11.7. The molecule has 0 radical (unpaired) electrons. The van der Waals surface area contributed by atoms with Crippen LogP contribution >= 0.6 is 0 Å². The molecule has 0 bridgehead atoms. The SMILES string of the molecule is Cc1ccccc1NC1(C(=O)O)CCCC(C)C1. The Morgan fingerprint density at radius 2 is 2.17 bits per heavy atom. The summed E-state index contributed by atoms with van der Waals surface area (Å²) in [5.74, 6) is -0.260. The van der Waals surface area contributed by atoms with Crippen molar-refractivity contribution in [3.8, 4) is 0 Å². The highest BCUT2D eigenvalue weighted by Gasteiger charge is 2.42. The van der Waals surface area contributed by atoms with Crippen LogP contribution in [-0.2, 0) is 4.79 Å². The normalized spacial score (nSPS) is 27.8. The van der Waals surface area contributed by atoms with Gasteiger partial charge in [-0.3, -0.25) is 0 Å². The summed E-state index contributed by atoms with van der Waals surface area (Å²) < 4.78 is 0. The van der Waals surface area contributed by atoms with Gasteiger partial charge in [0, 0.05) is 5.69 Å². The summed E-state index contributed by atoms with van der Waals surface area (Å²) in [5.41, 5.74) is 1.24. The maximum Gasteiger partial charge on any atom is 0.329 e. The molecule has 0 saturated heterocycles. The van der Waals surface area contributed by atoms with Gasteiger partial charge in [0.2, 0.25) is 0 Å². The Hall–Kier alpha value is -1.51. The molecule has 0 amide bonds. The molecule has 1 aliphatic carbocycles. The Labute approximate surface area is 108 Å². The minimum Gasteiger partial charge on any atom is -0.480 e. The molecule has 2 rings (SSSR count). The number of anilines is 1. The average Bonchev–Trinajstić information content (AvgIpc) is 2.32. The molecule has 0 aliphatic heterocycles. The van der Waals surface area contributed by atoms with Crippen LogP contribution in [0.25, 0.3) is 0 Å². The second-order valence-electron chi connectivity index (χ2n) is 5.53. The van der Waals surface area contributed by atoms with E-state index in [-0.39, 0.29) is 0 Å². The van der Waals surface area contributed by atoms with E-state index in [1.54, 1.807) is 0 Å². The van der Waals surface area contributed by atoms with Crippen LogP contribution in [0.3, 0.4) is 0 Å².